The fourth-order valence-corrected chi connectivity index (χ4v) is 2.15. The molecule has 22 heavy (non-hydrogen) atoms. The van der Waals surface area contributed by atoms with Crippen molar-refractivity contribution in [3.8, 4) is 17.2 Å². The second-order valence-corrected chi connectivity index (χ2v) is 4.82. The van der Waals surface area contributed by atoms with E-state index in [9.17, 15) is 4.79 Å². The minimum absolute atomic E-state index is 0.252. The molecule has 0 aromatic heterocycles. The van der Waals surface area contributed by atoms with Crippen LogP contribution in [0.1, 0.15) is 5.56 Å². The van der Waals surface area contributed by atoms with Gasteiger partial charge in [-0.1, -0.05) is 0 Å². The van der Waals surface area contributed by atoms with E-state index in [1.54, 1.807) is 23.2 Å². The summed E-state index contributed by atoms with van der Waals surface area (Å²) >= 11 is 0. The van der Waals surface area contributed by atoms with Crippen LogP contribution in [-0.4, -0.2) is 51.9 Å². The first-order chi connectivity index (χ1) is 10.5. The molecule has 118 valence electrons. The molecule has 0 atom stereocenters. The Balaban J connectivity index is 2.55. The highest BCUT2D eigenvalue weighted by molar-refractivity contribution is 6.31. The summed E-state index contributed by atoms with van der Waals surface area (Å²) in [5.41, 5.74) is 4.16. The quantitative estimate of drug-likeness (QED) is 0.821. The predicted molar refractivity (Wildman–Crippen MR) is 82.5 cm³/mol. The number of amides is 1. The van der Waals surface area contributed by atoms with Gasteiger partial charge in [0, 0.05) is 25.9 Å². The molecule has 0 saturated heterocycles. The van der Waals surface area contributed by atoms with Crippen molar-refractivity contribution in [1.82, 2.24) is 10.3 Å². The largest absolute Gasteiger partial charge is 0.493 e. The summed E-state index contributed by atoms with van der Waals surface area (Å²) in [6, 6.07) is 3.51. The van der Waals surface area contributed by atoms with Crippen molar-refractivity contribution in [2.45, 2.75) is 0 Å². The number of hydrazone groups is 1. The normalized spacial score (nSPS) is 15.4. The van der Waals surface area contributed by atoms with Crippen molar-refractivity contribution in [3.63, 3.8) is 0 Å². The van der Waals surface area contributed by atoms with Crippen LogP contribution in [0.4, 0.5) is 0 Å². The number of nitrogens with one attached hydrogen (secondary N) is 1. The number of hydrogen-bond acceptors (Lipinski definition) is 6. The van der Waals surface area contributed by atoms with Gasteiger partial charge < -0.3 is 19.1 Å². The molecule has 1 aliphatic rings. The Morgan fingerprint density at radius 3 is 2.14 bits per heavy atom. The summed E-state index contributed by atoms with van der Waals surface area (Å²) in [6.45, 7) is 0. The lowest BCUT2D eigenvalue weighted by Gasteiger charge is -2.14. The number of methoxy groups -OCH3 is 3. The summed E-state index contributed by atoms with van der Waals surface area (Å²) in [5, 5.41) is 4.10. The van der Waals surface area contributed by atoms with Gasteiger partial charge in [-0.25, -0.2) is 5.43 Å². The van der Waals surface area contributed by atoms with E-state index in [-0.39, 0.29) is 5.91 Å². The predicted octanol–water partition coefficient (Wildman–Crippen LogP) is 0.992. The van der Waals surface area contributed by atoms with Crippen molar-refractivity contribution >= 4 is 11.6 Å². The van der Waals surface area contributed by atoms with E-state index in [1.807, 2.05) is 14.1 Å². The first-order valence-electron chi connectivity index (χ1n) is 6.58. The number of ether oxygens (including phenoxy) is 3. The summed E-state index contributed by atoms with van der Waals surface area (Å²) in [4.78, 5) is 13.7. The van der Waals surface area contributed by atoms with Gasteiger partial charge in [-0.3, -0.25) is 4.79 Å². The molecule has 1 heterocycles. The second kappa shape index (κ2) is 6.38. The van der Waals surface area contributed by atoms with E-state index in [2.05, 4.69) is 10.5 Å². The van der Waals surface area contributed by atoms with Gasteiger partial charge in [-0.2, -0.15) is 5.10 Å². The van der Waals surface area contributed by atoms with Crippen LogP contribution in [0.3, 0.4) is 0 Å². The van der Waals surface area contributed by atoms with Crippen molar-refractivity contribution in [3.05, 3.63) is 29.5 Å². The molecule has 0 unspecified atom stereocenters. The molecule has 0 saturated carbocycles. The fraction of sp³-hybridized carbons (Fsp3) is 0.333. The van der Waals surface area contributed by atoms with Crippen LogP contribution < -0.4 is 19.6 Å². The van der Waals surface area contributed by atoms with E-state index in [0.717, 1.165) is 0 Å². The van der Waals surface area contributed by atoms with Gasteiger partial charge in [0.05, 0.1) is 26.9 Å². The van der Waals surface area contributed by atoms with E-state index in [1.165, 1.54) is 21.3 Å². The standard InChI is InChI=1S/C15H19N3O4/c1-18(2)8-10-13(16-17-15(10)19)9-6-11(20-3)14(22-5)12(7-9)21-4/h6-8H,1-5H3,(H,17,19)/b10-8-. The molecule has 0 aliphatic carbocycles. The Hall–Kier alpha value is -2.70. The first kappa shape index (κ1) is 15.7. The van der Waals surface area contributed by atoms with Crippen LogP contribution in [0.2, 0.25) is 0 Å². The monoisotopic (exact) mass is 305 g/mol. The number of benzene rings is 1. The second-order valence-electron chi connectivity index (χ2n) is 4.82. The van der Waals surface area contributed by atoms with Crippen LogP contribution in [0.25, 0.3) is 0 Å². The molecule has 7 heteroatoms. The van der Waals surface area contributed by atoms with Crippen LogP contribution in [0, 0.1) is 0 Å². The highest BCUT2D eigenvalue weighted by atomic mass is 16.5. The molecule has 1 aliphatic heterocycles. The number of nitrogens with zero attached hydrogens (tertiary/aromatic N) is 2. The molecule has 7 nitrogen and oxygen atoms in total. The molecule has 1 amide bonds. The van der Waals surface area contributed by atoms with Crippen molar-refractivity contribution in [2.24, 2.45) is 5.10 Å². The lowest BCUT2D eigenvalue weighted by molar-refractivity contribution is -0.116. The Morgan fingerprint density at radius 1 is 1.09 bits per heavy atom. The Kier molecular flexibility index (Phi) is 4.55. The van der Waals surface area contributed by atoms with Crippen LogP contribution in [-0.2, 0) is 4.79 Å². The van der Waals surface area contributed by atoms with Gasteiger partial charge in [0.2, 0.25) is 5.75 Å². The van der Waals surface area contributed by atoms with Gasteiger partial charge in [0.1, 0.15) is 5.71 Å². The average Bonchev–Trinajstić information content (AvgIpc) is 2.86. The molecular weight excluding hydrogens is 286 g/mol. The van der Waals surface area contributed by atoms with Gasteiger partial charge in [0.25, 0.3) is 5.91 Å². The lowest BCUT2D eigenvalue weighted by Crippen LogP contribution is -2.17. The Labute approximate surface area is 129 Å². The summed E-state index contributed by atoms with van der Waals surface area (Å²) < 4.78 is 15.9. The zero-order chi connectivity index (χ0) is 16.3. The minimum Gasteiger partial charge on any atom is -0.493 e. The van der Waals surface area contributed by atoms with Gasteiger partial charge in [-0.05, 0) is 12.1 Å². The maximum Gasteiger partial charge on any atom is 0.275 e. The number of carbonyl (C=O) groups excluding carboxylic acids is 1. The molecule has 0 spiro atoms. The van der Waals surface area contributed by atoms with Crippen LogP contribution in [0.15, 0.2) is 29.0 Å². The number of hydrogen-bond donors (Lipinski definition) is 1. The van der Waals surface area contributed by atoms with Crippen LogP contribution in [0.5, 0.6) is 17.2 Å². The third-order valence-electron chi connectivity index (χ3n) is 3.09. The lowest BCUT2D eigenvalue weighted by atomic mass is 10.0. The fourth-order valence-electron chi connectivity index (χ4n) is 2.15. The Bertz CT molecular complexity index is 625. The smallest absolute Gasteiger partial charge is 0.275 e. The maximum atomic E-state index is 11.9. The number of carbonyl (C=O) groups is 1. The van der Waals surface area contributed by atoms with Crippen molar-refractivity contribution in [1.29, 1.82) is 0 Å². The molecule has 1 aromatic rings. The summed E-state index contributed by atoms with van der Waals surface area (Å²) in [7, 11) is 8.29. The van der Waals surface area contributed by atoms with Crippen molar-refractivity contribution < 1.29 is 19.0 Å². The van der Waals surface area contributed by atoms with Crippen molar-refractivity contribution in [2.75, 3.05) is 35.4 Å². The zero-order valence-corrected chi connectivity index (χ0v) is 13.3. The first-order valence-corrected chi connectivity index (χ1v) is 6.58. The molecule has 1 N–H and O–H groups in total. The van der Waals surface area contributed by atoms with Gasteiger partial charge in [-0.15, -0.1) is 0 Å². The Morgan fingerprint density at radius 2 is 1.68 bits per heavy atom. The highest BCUT2D eigenvalue weighted by Crippen LogP contribution is 2.39. The number of rotatable bonds is 5. The third kappa shape index (κ3) is 2.83. The molecule has 0 radical (unpaired) electrons. The van der Waals surface area contributed by atoms with E-state index in [0.29, 0.717) is 34.1 Å². The van der Waals surface area contributed by atoms with Gasteiger partial charge >= 0.3 is 0 Å². The zero-order valence-electron chi connectivity index (χ0n) is 13.3. The minimum atomic E-state index is -0.252. The maximum absolute atomic E-state index is 11.9. The van der Waals surface area contributed by atoms with E-state index in [4.69, 9.17) is 14.2 Å². The molecule has 0 bridgehead atoms. The average molecular weight is 305 g/mol. The molecule has 0 fully saturated rings. The molecular formula is C15H19N3O4. The van der Waals surface area contributed by atoms with Gasteiger partial charge in [0.15, 0.2) is 11.5 Å². The highest BCUT2D eigenvalue weighted by Gasteiger charge is 2.26. The van der Waals surface area contributed by atoms with Crippen LogP contribution >= 0.6 is 0 Å². The summed E-state index contributed by atoms with van der Waals surface area (Å²) in [5.74, 6) is 1.24. The molecule has 2 rings (SSSR count). The van der Waals surface area contributed by atoms with E-state index >= 15 is 0 Å². The third-order valence-corrected chi connectivity index (χ3v) is 3.09. The SMILES string of the molecule is COc1cc(C2=NNC(=O)/C2=C\N(C)C)cc(OC)c1OC. The van der Waals surface area contributed by atoms with E-state index < -0.39 is 0 Å². The topological polar surface area (TPSA) is 72.4 Å². The summed E-state index contributed by atoms with van der Waals surface area (Å²) in [6.07, 6.45) is 1.71. The molecule has 1 aromatic carbocycles.